The van der Waals surface area contributed by atoms with Crippen LogP contribution < -0.4 is 0 Å². The van der Waals surface area contributed by atoms with Crippen molar-refractivity contribution in [2.24, 2.45) is 4.99 Å². The van der Waals surface area contributed by atoms with Crippen molar-refractivity contribution in [3.8, 4) is 0 Å². The van der Waals surface area contributed by atoms with E-state index < -0.39 is 5.91 Å². The summed E-state index contributed by atoms with van der Waals surface area (Å²) in [5, 5.41) is 0. The Hall–Kier alpha value is -1.38. The minimum atomic E-state index is -0.455. The normalized spacial score (nSPS) is 8.92. The summed E-state index contributed by atoms with van der Waals surface area (Å²) in [5.41, 5.74) is 0. The fraction of sp³-hybridized carbons (Fsp3) is 0.111. The van der Waals surface area contributed by atoms with Gasteiger partial charge < -0.3 is 0 Å². The quantitative estimate of drug-likeness (QED) is 0.416. The molecular weight excluding hydrogens is 186 g/mol. The maximum absolute atomic E-state index is 10.8. The third-order valence-electron chi connectivity index (χ3n) is 1.28. The van der Waals surface area contributed by atoms with Crippen molar-refractivity contribution in [1.29, 1.82) is 0 Å². The Morgan fingerprint density at radius 1 is 1.38 bits per heavy atom. The highest BCUT2D eigenvalue weighted by Gasteiger charge is 1.99. The molecule has 13 heavy (non-hydrogen) atoms. The first kappa shape index (κ1) is 9.71. The standard InChI is InChI=1S/C9H7NO2S/c11-7-10-9(12)6-13-8-4-2-1-3-5-8/h1-5H,6H2. The molecule has 0 heterocycles. The minimum absolute atomic E-state index is 0.180. The molecule has 66 valence electrons. The van der Waals surface area contributed by atoms with Gasteiger partial charge >= 0.3 is 0 Å². The molecule has 0 aliphatic heterocycles. The predicted molar refractivity (Wildman–Crippen MR) is 50.3 cm³/mol. The van der Waals surface area contributed by atoms with Crippen LogP contribution in [0.25, 0.3) is 0 Å². The number of thioether (sulfide) groups is 1. The molecule has 0 saturated carbocycles. The fourth-order valence-electron chi connectivity index (χ4n) is 0.745. The van der Waals surface area contributed by atoms with Crippen LogP contribution in [0.4, 0.5) is 0 Å². The van der Waals surface area contributed by atoms with Crippen molar-refractivity contribution in [3.63, 3.8) is 0 Å². The second-order valence-electron chi connectivity index (χ2n) is 2.20. The second-order valence-corrected chi connectivity index (χ2v) is 3.25. The van der Waals surface area contributed by atoms with Crippen molar-refractivity contribution in [2.45, 2.75) is 4.90 Å². The lowest BCUT2D eigenvalue weighted by atomic mass is 10.4. The lowest BCUT2D eigenvalue weighted by Gasteiger charge is -1.95. The van der Waals surface area contributed by atoms with E-state index in [4.69, 9.17) is 0 Å². The highest BCUT2D eigenvalue weighted by molar-refractivity contribution is 8.00. The monoisotopic (exact) mass is 193 g/mol. The number of rotatable bonds is 3. The van der Waals surface area contributed by atoms with Gasteiger partial charge in [0.1, 0.15) is 0 Å². The van der Waals surface area contributed by atoms with Crippen molar-refractivity contribution in [2.75, 3.05) is 5.75 Å². The average Bonchev–Trinajstić information content (AvgIpc) is 2.17. The predicted octanol–water partition coefficient (Wildman–Crippen LogP) is 1.64. The van der Waals surface area contributed by atoms with E-state index in [1.165, 1.54) is 17.8 Å². The van der Waals surface area contributed by atoms with E-state index in [1.54, 1.807) is 0 Å². The van der Waals surface area contributed by atoms with Crippen LogP contribution in [-0.4, -0.2) is 17.7 Å². The van der Waals surface area contributed by atoms with Crippen LogP contribution in [0.2, 0.25) is 0 Å². The number of hydrogen-bond donors (Lipinski definition) is 0. The number of hydrogen-bond acceptors (Lipinski definition) is 3. The Morgan fingerprint density at radius 2 is 2.08 bits per heavy atom. The summed E-state index contributed by atoms with van der Waals surface area (Å²) >= 11 is 1.35. The number of isocyanates is 1. The maximum atomic E-state index is 10.8. The summed E-state index contributed by atoms with van der Waals surface area (Å²) in [4.78, 5) is 24.4. The van der Waals surface area contributed by atoms with E-state index in [0.29, 0.717) is 0 Å². The van der Waals surface area contributed by atoms with E-state index in [0.717, 1.165) is 4.90 Å². The molecule has 1 aromatic rings. The Kier molecular flexibility index (Phi) is 3.96. The van der Waals surface area contributed by atoms with Gasteiger partial charge in [-0.3, -0.25) is 4.79 Å². The topological polar surface area (TPSA) is 46.5 Å². The first-order valence-corrected chi connectivity index (χ1v) is 4.60. The van der Waals surface area contributed by atoms with E-state index in [-0.39, 0.29) is 5.75 Å². The first-order chi connectivity index (χ1) is 6.33. The van der Waals surface area contributed by atoms with Gasteiger partial charge in [-0.05, 0) is 12.1 Å². The smallest absolute Gasteiger partial charge is 0.266 e. The van der Waals surface area contributed by atoms with Gasteiger partial charge in [-0.1, -0.05) is 18.2 Å². The van der Waals surface area contributed by atoms with Gasteiger partial charge in [0.05, 0.1) is 5.75 Å². The van der Waals surface area contributed by atoms with Crippen LogP contribution in [-0.2, 0) is 9.59 Å². The zero-order valence-corrected chi connectivity index (χ0v) is 7.58. The Balaban J connectivity index is 2.44. The van der Waals surface area contributed by atoms with E-state index in [2.05, 4.69) is 4.99 Å². The van der Waals surface area contributed by atoms with Gasteiger partial charge in [0.2, 0.25) is 6.08 Å². The number of carbonyl (C=O) groups is 1. The van der Waals surface area contributed by atoms with E-state index >= 15 is 0 Å². The van der Waals surface area contributed by atoms with Crippen LogP contribution in [0.5, 0.6) is 0 Å². The minimum Gasteiger partial charge on any atom is -0.271 e. The molecule has 0 aliphatic rings. The van der Waals surface area contributed by atoms with Crippen molar-refractivity contribution >= 4 is 23.7 Å². The largest absolute Gasteiger partial charge is 0.271 e. The zero-order valence-electron chi connectivity index (χ0n) is 6.77. The molecule has 0 radical (unpaired) electrons. The third-order valence-corrected chi connectivity index (χ3v) is 2.27. The fourth-order valence-corrected chi connectivity index (χ4v) is 1.45. The number of nitrogens with zero attached hydrogens (tertiary/aromatic N) is 1. The molecule has 3 nitrogen and oxygen atoms in total. The molecule has 0 atom stereocenters. The van der Waals surface area contributed by atoms with Crippen LogP contribution >= 0.6 is 11.8 Å². The molecule has 0 saturated heterocycles. The molecule has 0 unspecified atom stereocenters. The van der Waals surface area contributed by atoms with Gasteiger partial charge in [-0.2, -0.15) is 0 Å². The molecular formula is C9H7NO2S. The number of benzene rings is 1. The SMILES string of the molecule is O=C=NC(=O)CSc1ccccc1. The molecule has 0 fully saturated rings. The van der Waals surface area contributed by atoms with Crippen molar-refractivity contribution < 1.29 is 9.59 Å². The van der Waals surface area contributed by atoms with E-state index in [1.807, 2.05) is 30.3 Å². The number of amides is 1. The highest BCUT2D eigenvalue weighted by Crippen LogP contribution is 2.16. The zero-order chi connectivity index (χ0) is 9.52. The Bertz CT molecular complexity index is 331. The van der Waals surface area contributed by atoms with Gasteiger partial charge in [0.25, 0.3) is 5.91 Å². The van der Waals surface area contributed by atoms with Gasteiger partial charge in [0.15, 0.2) is 0 Å². The summed E-state index contributed by atoms with van der Waals surface area (Å²) in [6, 6.07) is 9.45. The molecule has 4 heteroatoms. The van der Waals surface area contributed by atoms with Crippen LogP contribution in [0.1, 0.15) is 0 Å². The summed E-state index contributed by atoms with van der Waals surface area (Å²) in [5.74, 6) is -0.275. The molecule has 0 aliphatic carbocycles. The third kappa shape index (κ3) is 3.69. The molecule has 1 aromatic carbocycles. The second kappa shape index (κ2) is 5.30. The van der Waals surface area contributed by atoms with Gasteiger partial charge in [0, 0.05) is 4.90 Å². The molecule has 0 aromatic heterocycles. The lowest BCUT2D eigenvalue weighted by Crippen LogP contribution is -1.95. The summed E-state index contributed by atoms with van der Waals surface area (Å²) in [7, 11) is 0. The molecule has 1 rings (SSSR count). The molecule has 1 amide bonds. The Labute approximate surface area is 79.9 Å². The van der Waals surface area contributed by atoms with Crippen molar-refractivity contribution in [3.05, 3.63) is 30.3 Å². The lowest BCUT2D eigenvalue weighted by molar-refractivity contribution is -0.115. The van der Waals surface area contributed by atoms with E-state index in [9.17, 15) is 9.59 Å². The van der Waals surface area contributed by atoms with Crippen LogP contribution in [0, 0.1) is 0 Å². The summed E-state index contributed by atoms with van der Waals surface area (Å²) in [6.07, 6.45) is 1.22. The maximum Gasteiger partial charge on any atom is 0.266 e. The van der Waals surface area contributed by atoms with Gasteiger partial charge in [-0.15, -0.1) is 16.8 Å². The highest BCUT2D eigenvalue weighted by atomic mass is 32.2. The summed E-state index contributed by atoms with van der Waals surface area (Å²) in [6.45, 7) is 0. The molecule has 0 spiro atoms. The molecule has 0 bridgehead atoms. The van der Waals surface area contributed by atoms with Gasteiger partial charge in [-0.25, -0.2) is 4.79 Å². The number of aliphatic imine (C=N–C) groups is 1. The first-order valence-electron chi connectivity index (χ1n) is 3.61. The van der Waals surface area contributed by atoms with Crippen LogP contribution in [0.15, 0.2) is 40.2 Å². The summed E-state index contributed by atoms with van der Waals surface area (Å²) < 4.78 is 0. The number of carbonyl (C=O) groups excluding carboxylic acids is 2. The van der Waals surface area contributed by atoms with Crippen LogP contribution in [0.3, 0.4) is 0 Å². The molecule has 0 N–H and O–H groups in total. The average molecular weight is 193 g/mol. The van der Waals surface area contributed by atoms with Crippen molar-refractivity contribution in [1.82, 2.24) is 0 Å². The Morgan fingerprint density at radius 3 is 2.69 bits per heavy atom.